The number of sulfonamides is 1. The number of methoxy groups -OCH3 is 1. The lowest BCUT2D eigenvalue weighted by atomic mass is 10.1. The third-order valence-electron chi connectivity index (χ3n) is 4.33. The molecule has 0 atom stereocenters. The van der Waals surface area contributed by atoms with E-state index in [9.17, 15) is 13.2 Å². The quantitative estimate of drug-likeness (QED) is 0.607. The minimum Gasteiger partial charge on any atom is -0.495 e. The van der Waals surface area contributed by atoms with Crippen molar-refractivity contribution in [3.63, 3.8) is 0 Å². The van der Waals surface area contributed by atoms with Crippen LogP contribution in [0.4, 0.5) is 5.69 Å². The Labute approximate surface area is 172 Å². The van der Waals surface area contributed by atoms with Gasteiger partial charge in [-0.15, -0.1) is 0 Å². The smallest absolute Gasteiger partial charge is 0.268 e. The van der Waals surface area contributed by atoms with E-state index in [1.165, 1.54) is 13.2 Å². The molecular formula is C21H28N2O5S. The Morgan fingerprint density at radius 3 is 2.31 bits per heavy atom. The highest BCUT2D eigenvalue weighted by molar-refractivity contribution is 7.93. The van der Waals surface area contributed by atoms with Crippen molar-refractivity contribution >= 4 is 21.6 Å². The fraction of sp³-hybridized carbons (Fsp3) is 0.381. The van der Waals surface area contributed by atoms with Crippen LogP contribution in [0.2, 0.25) is 0 Å². The zero-order chi connectivity index (χ0) is 21.6. The summed E-state index contributed by atoms with van der Waals surface area (Å²) in [5.41, 5.74) is 2.94. The second kappa shape index (κ2) is 9.76. The van der Waals surface area contributed by atoms with Gasteiger partial charge in [-0.2, -0.15) is 0 Å². The fourth-order valence-electron chi connectivity index (χ4n) is 3.01. The van der Waals surface area contributed by atoms with Crippen LogP contribution in [0, 0.1) is 20.8 Å². The van der Waals surface area contributed by atoms with Crippen LogP contribution < -0.4 is 14.4 Å². The topological polar surface area (TPSA) is 95.9 Å². The number of carbonyl (C=O) groups excluding carboxylic acids is 1. The van der Waals surface area contributed by atoms with Gasteiger partial charge >= 0.3 is 0 Å². The number of amides is 1. The molecule has 0 saturated carbocycles. The summed E-state index contributed by atoms with van der Waals surface area (Å²) >= 11 is 0. The maximum Gasteiger partial charge on any atom is 0.268 e. The molecule has 2 aromatic carbocycles. The van der Waals surface area contributed by atoms with E-state index in [1.54, 1.807) is 31.2 Å². The van der Waals surface area contributed by atoms with Crippen LogP contribution in [-0.2, 0) is 14.8 Å². The number of aryl methyl sites for hydroxylation is 3. The summed E-state index contributed by atoms with van der Waals surface area (Å²) in [6.45, 7) is 5.37. The molecule has 0 aromatic heterocycles. The lowest BCUT2D eigenvalue weighted by molar-refractivity contribution is -0.119. The minimum absolute atomic E-state index is 0.00215. The Hall–Kier alpha value is -2.58. The molecule has 0 bridgehead atoms. The third kappa shape index (κ3) is 5.71. The van der Waals surface area contributed by atoms with Gasteiger partial charge in [0.25, 0.3) is 10.0 Å². The Kier molecular flexibility index (Phi) is 7.64. The van der Waals surface area contributed by atoms with Crippen LogP contribution in [0.3, 0.4) is 0 Å². The van der Waals surface area contributed by atoms with Gasteiger partial charge in [-0.1, -0.05) is 12.1 Å². The maximum atomic E-state index is 13.6. The third-order valence-corrected chi connectivity index (χ3v) is 6.12. The minimum atomic E-state index is -4.08. The monoisotopic (exact) mass is 420 g/mol. The predicted octanol–water partition coefficient (Wildman–Crippen LogP) is 2.31. The standard InChI is InChI=1S/C21H28N2O5S/c1-15-6-7-19(28-4)20(13-15)29(26,27)23(14-21(25)22-8-5-9-24)18-11-16(2)10-17(3)12-18/h6-7,10-13,24H,5,8-9,14H2,1-4H3,(H,22,25). The number of aliphatic hydroxyl groups excluding tert-OH is 1. The van der Waals surface area contributed by atoms with Gasteiger partial charge in [-0.25, -0.2) is 8.42 Å². The molecule has 2 rings (SSSR count). The highest BCUT2D eigenvalue weighted by Crippen LogP contribution is 2.31. The first-order chi connectivity index (χ1) is 13.7. The van der Waals surface area contributed by atoms with Crippen LogP contribution in [0.1, 0.15) is 23.1 Å². The Morgan fingerprint density at radius 1 is 1.07 bits per heavy atom. The van der Waals surface area contributed by atoms with Crippen molar-refractivity contribution < 1.29 is 23.1 Å². The molecule has 0 aliphatic rings. The molecule has 1 amide bonds. The first-order valence-corrected chi connectivity index (χ1v) is 10.8. The molecule has 158 valence electrons. The van der Waals surface area contributed by atoms with Gasteiger partial charge in [-0.3, -0.25) is 9.10 Å². The van der Waals surface area contributed by atoms with Crippen molar-refractivity contribution in [3.8, 4) is 5.75 Å². The molecule has 29 heavy (non-hydrogen) atoms. The highest BCUT2D eigenvalue weighted by atomic mass is 32.2. The number of hydrogen-bond acceptors (Lipinski definition) is 5. The zero-order valence-corrected chi connectivity index (χ0v) is 18.0. The van der Waals surface area contributed by atoms with Gasteiger partial charge in [0.05, 0.1) is 12.8 Å². The van der Waals surface area contributed by atoms with Gasteiger partial charge in [0.2, 0.25) is 5.91 Å². The van der Waals surface area contributed by atoms with Crippen molar-refractivity contribution in [1.29, 1.82) is 0 Å². The molecule has 7 nitrogen and oxygen atoms in total. The van der Waals surface area contributed by atoms with E-state index >= 15 is 0 Å². The van der Waals surface area contributed by atoms with Crippen LogP contribution in [-0.4, -0.2) is 46.2 Å². The average molecular weight is 421 g/mol. The lowest BCUT2D eigenvalue weighted by Gasteiger charge is -2.26. The summed E-state index contributed by atoms with van der Waals surface area (Å²) in [5.74, 6) is -0.238. The molecule has 2 N–H and O–H groups in total. The van der Waals surface area contributed by atoms with Crippen molar-refractivity contribution in [2.45, 2.75) is 32.1 Å². The summed E-state index contributed by atoms with van der Waals surface area (Å²) in [4.78, 5) is 12.4. The van der Waals surface area contributed by atoms with E-state index in [0.717, 1.165) is 21.0 Å². The van der Waals surface area contributed by atoms with Crippen molar-refractivity contribution in [2.75, 3.05) is 31.1 Å². The number of ether oxygens (including phenoxy) is 1. The molecule has 0 aliphatic heterocycles. The highest BCUT2D eigenvalue weighted by Gasteiger charge is 2.30. The number of hydrogen-bond donors (Lipinski definition) is 2. The van der Waals surface area contributed by atoms with E-state index in [1.807, 2.05) is 19.9 Å². The van der Waals surface area contributed by atoms with Crippen molar-refractivity contribution in [1.82, 2.24) is 5.32 Å². The molecule has 0 fully saturated rings. The van der Waals surface area contributed by atoms with Crippen molar-refractivity contribution in [3.05, 3.63) is 53.1 Å². The van der Waals surface area contributed by atoms with E-state index in [4.69, 9.17) is 9.84 Å². The summed E-state index contributed by atoms with van der Waals surface area (Å²) in [6.07, 6.45) is 0.397. The largest absolute Gasteiger partial charge is 0.495 e. The first-order valence-electron chi connectivity index (χ1n) is 9.32. The molecular weight excluding hydrogens is 392 g/mol. The van der Waals surface area contributed by atoms with Gasteiger partial charge in [0.15, 0.2) is 0 Å². The lowest BCUT2D eigenvalue weighted by Crippen LogP contribution is -2.41. The average Bonchev–Trinajstić information content (AvgIpc) is 2.65. The van der Waals surface area contributed by atoms with Gasteiger partial charge in [0.1, 0.15) is 17.2 Å². The Morgan fingerprint density at radius 2 is 1.72 bits per heavy atom. The van der Waals surface area contributed by atoms with Crippen LogP contribution in [0.15, 0.2) is 41.3 Å². The van der Waals surface area contributed by atoms with E-state index in [-0.39, 0.29) is 30.3 Å². The molecule has 0 heterocycles. The second-order valence-corrected chi connectivity index (χ2v) is 8.77. The van der Waals surface area contributed by atoms with Crippen LogP contribution in [0.5, 0.6) is 5.75 Å². The number of rotatable bonds is 9. The Bertz CT molecular complexity index is 953. The molecule has 8 heteroatoms. The molecule has 0 aliphatic carbocycles. The van der Waals surface area contributed by atoms with Crippen LogP contribution in [0.25, 0.3) is 0 Å². The summed E-state index contributed by atoms with van der Waals surface area (Å²) in [7, 11) is -2.67. The number of nitrogens with one attached hydrogen (secondary N) is 1. The summed E-state index contributed by atoms with van der Waals surface area (Å²) in [5, 5.41) is 11.5. The summed E-state index contributed by atoms with van der Waals surface area (Å²) < 4.78 is 33.5. The van der Waals surface area contributed by atoms with Crippen LogP contribution >= 0.6 is 0 Å². The van der Waals surface area contributed by atoms with E-state index in [2.05, 4.69) is 5.32 Å². The molecule has 0 spiro atoms. The number of aliphatic hydroxyl groups is 1. The van der Waals surface area contributed by atoms with E-state index in [0.29, 0.717) is 12.1 Å². The first kappa shape index (κ1) is 22.7. The number of benzene rings is 2. The van der Waals surface area contributed by atoms with Gasteiger partial charge < -0.3 is 15.2 Å². The maximum absolute atomic E-state index is 13.6. The molecule has 0 unspecified atom stereocenters. The zero-order valence-electron chi connectivity index (χ0n) is 17.2. The SMILES string of the molecule is COc1ccc(C)cc1S(=O)(=O)N(CC(=O)NCCCO)c1cc(C)cc(C)c1. The Balaban J connectivity index is 2.54. The van der Waals surface area contributed by atoms with E-state index < -0.39 is 15.9 Å². The normalized spacial score (nSPS) is 11.2. The van der Waals surface area contributed by atoms with Gasteiger partial charge in [-0.05, 0) is 68.1 Å². The number of nitrogens with zero attached hydrogens (tertiary/aromatic N) is 1. The molecule has 0 saturated heterocycles. The second-order valence-electron chi connectivity index (χ2n) is 6.94. The predicted molar refractivity (Wildman–Crippen MR) is 113 cm³/mol. The number of anilines is 1. The fourth-order valence-corrected chi connectivity index (χ4v) is 4.66. The molecule has 0 radical (unpaired) electrons. The van der Waals surface area contributed by atoms with Crippen molar-refractivity contribution in [2.24, 2.45) is 0 Å². The summed E-state index contributed by atoms with van der Waals surface area (Å²) in [6, 6.07) is 10.3. The number of carbonyl (C=O) groups is 1. The van der Waals surface area contributed by atoms with Gasteiger partial charge in [0, 0.05) is 13.2 Å². The molecule has 2 aromatic rings.